The number of alkyl halides is 3. The van der Waals surface area contributed by atoms with Crippen LogP contribution in [0.5, 0.6) is 5.75 Å². The highest BCUT2D eigenvalue weighted by atomic mass is 127. The molecule has 0 saturated carbocycles. The van der Waals surface area contributed by atoms with Crippen LogP contribution in [0.2, 0.25) is 0 Å². The van der Waals surface area contributed by atoms with Crippen LogP contribution in [0.1, 0.15) is 0 Å². The van der Waals surface area contributed by atoms with Crippen LogP contribution in [0.3, 0.4) is 0 Å². The Morgan fingerprint density at radius 2 is 1.86 bits per heavy atom. The summed E-state index contributed by atoms with van der Waals surface area (Å²) in [6.07, 6.45) is -4.83. The molecule has 0 aliphatic heterocycles. The summed E-state index contributed by atoms with van der Waals surface area (Å²) >= 11 is 1.57. The normalized spacial score (nSPS) is 11.5. The lowest BCUT2D eigenvalue weighted by molar-refractivity contribution is -0.275. The fourth-order valence-corrected chi connectivity index (χ4v) is 1.35. The second-order valence-electron chi connectivity index (χ2n) is 2.35. The molecule has 0 bridgehead atoms. The molecule has 1 aromatic carbocycles. The first-order chi connectivity index (χ1) is 6.29. The second-order valence-corrected chi connectivity index (χ2v) is 3.51. The highest BCUT2D eigenvalue weighted by Gasteiger charge is 2.32. The Morgan fingerprint density at radius 1 is 1.29 bits per heavy atom. The van der Waals surface area contributed by atoms with Crippen LogP contribution in [0.15, 0.2) is 12.1 Å². The molecule has 1 aromatic rings. The fraction of sp³-hybridized carbons (Fsp3) is 0.143. The molecule has 2 N–H and O–H groups in total. The third-order valence-electron chi connectivity index (χ3n) is 1.28. The predicted octanol–water partition coefficient (Wildman–Crippen LogP) is 2.91. The summed E-state index contributed by atoms with van der Waals surface area (Å²) in [6.45, 7) is 0. The molecule has 0 saturated heterocycles. The molecule has 0 heterocycles. The average Bonchev–Trinajstić information content (AvgIpc) is 1.97. The molecule has 0 spiro atoms. The molecule has 78 valence electrons. The van der Waals surface area contributed by atoms with Crippen LogP contribution in [-0.4, -0.2) is 6.36 Å². The quantitative estimate of drug-likeness (QED) is 0.490. The number of nitrogen functional groups attached to an aromatic ring is 1. The molecular formula is C7H4F4INO. The van der Waals surface area contributed by atoms with Gasteiger partial charge in [0.05, 0.1) is 9.26 Å². The number of rotatable bonds is 1. The van der Waals surface area contributed by atoms with Gasteiger partial charge in [0.25, 0.3) is 0 Å². The number of halogens is 5. The fourth-order valence-electron chi connectivity index (χ4n) is 0.747. The van der Waals surface area contributed by atoms with Gasteiger partial charge < -0.3 is 10.5 Å². The third kappa shape index (κ3) is 2.89. The zero-order chi connectivity index (χ0) is 10.9. The first-order valence-corrected chi connectivity index (χ1v) is 4.38. The van der Waals surface area contributed by atoms with Gasteiger partial charge in [0.1, 0.15) is 11.6 Å². The largest absolute Gasteiger partial charge is 0.573 e. The number of anilines is 1. The van der Waals surface area contributed by atoms with Gasteiger partial charge in [0.2, 0.25) is 0 Å². The topological polar surface area (TPSA) is 35.2 Å². The van der Waals surface area contributed by atoms with Crippen LogP contribution in [0.25, 0.3) is 0 Å². The molecule has 0 aliphatic rings. The van der Waals surface area contributed by atoms with Gasteiger partial charge >= 0.3 is 6.36 Å². The molecule has 0 atom stereocenters. The number of ether oxygens (including phenoxy) is 1. The minimum atomic E-state index is -4.83. The van der Waals surface area contributed by atoms with Gasteiger partial charge in [-0.1, -0.05) is 0 Å². The number of nitrogens with two attached hydrogens (primary N) is 1. The van der Waals surface area contributed by atoms with E-state index >= 15 is 0 Å². The van der Waals surface area contributed by atoms with Crippen molar-refractivity contribution in [1.29, 1.82) is 0 Å². The van der Waals surface area contributed by atoms with Gasteiger partial charge in [-0.25, -0.2) is 4.39 Å². The molecule has 14 heavy (non-hydrogen) atoms. The standard InChI is InChI=1S/C7H4F4INO/c8-3-1-6(14-7(9,10)11)4(12)2-5(3)13/h1-2H,13H2. The maximum Gasteiger partial charge on any atom is 0.573 e. The summed E-state index contributed by atoms with van der Waals surface area (Å²) in [5.41, 5.74) is 4.92. The third-order valence-corrected chi connectivity index (χ3v) is 2.12. The lowest BCUT2D eigenvalue weighted by Crippen LogP contribution is -2.18. The van der Waals surface area contributed by atoms with Gasteiger partial charge in [-0.05, 0) is 28.7 Å². The van der Waals surface area contributed by atoms with Crippen molar-refractivity contribution in [3.8, 4) is 5.75 Å². The molecule has 7 heteroatoms. The SMILES string of the molecule is Nc1cc(I)c(OC(F)(F)F)cc1F. The molecule has 0 amide bonds. The van der Waals surface area contributed by atoms with Gasteiger partial charge in [0.15, 0.2) is 0 Å². The first kappa shape index (κ1) is 11.3. The van der Waals surface area contributed by atoms with Crippen LogP contribution >= 0.6 is 22.6 Å². The van der Waals surface area contributed by atoms with Crippen molar-refractivity contribution in [2.24, 2.45) is 0 Å². The van der Waals surface area contributed by atoms with Crippen LogP contribution in [0, 0.1) is 9.39 Å². The molecule has 0 fully saturated rings. The summed E-state index contributed by atoms with van der Waals surface area (Å²) in [6, 6.07) is 1.67. The summed E-state index contributed by atoms with van der Waals surface area (Å²) in [4.78, 5) is 0. The number of benzene rings is 1. The summed E-state index contributed by atoms with van der Waals surface area (Å²) in [5, 5.41) is 0. The van der Waals surface area contributed by atoms with E-state index in [1.165, 1.54) is 0 Å². The minimum absolute atomic E-state index is 0.0961. The number of hydrogen-bond acceptors (Lipinski definition) is 2. The van der Waals surface area contributed by atoms with Crippen molar-refractivity contribution < 1.29 is 22.3 Å². The van der Waals surface area contributed by atoms with E-state index in [1.807, 2.05) is 0 Å². The first-order valence-electron chi connectivity index (χ1n) is 3.30. The van der Waals surface area contributed by atoms with Crippen molar-refractivity contribution in [3.05, 3.63) is 21.5 Å². The Labute approximate surface area is 90.2 Å². The smallest absolute Gasteiger partial charge is 0.405 e. The van der Waals surface area contributed by atoms with E-state index in [1.54, 1.807) is 22.6 Å². The van der Waals surface area contributed by atoms with E-state index in [0.29, 0.717) is 6.07 Å². The van der Waals surface area contributed by atoms with E-state index in [2.05, 4.69) is 4.74 Å². The summed E-state index contributed by atoms with van der Waals surface area (Å²) in [7, 11) is 0. The molecule has 0 unspecified atom stereocenters. The lowest BCUT2D eigenvalue weighted by Gasteiger charge is -2.11. The van der Waals surface area contributed by atoms with Crippen molar-refractivity contribution in [2.75, 3.05) is 5.73 Å². The van der Waals surface area contributed by atoms with E-state index in [0.717, 1.165) is 6.07 Å². The second kappa shape index (κ2) is 3.79. The Hall–Kier alpha value is -0.730. The van der Waals surface area contributed by atoms with Crippen molar-refractivity contribution in [1.82, 2.24) is 0 Å². The van der Waals surface area contributed by atoms with E-state index in [9.17, 15) is 17.6 Å². The van der Waals surface area contributed by atoms with E-state index in [4.69, 9.17) is 5.73 Å². The van der Waals surface area contributed by atoms with Crippen molar-refractivity contribution in [3.63, 3.8) is 0 Å². The minimum Gasteiger partial charge on any atom is -0.405 e. The van der Waals surface area contributed by atoms with Gasteiger partial charge in [-0.3, -0.25) is 0 Å². The molecular weight excluding hydrogens is 317 g/mol. The van der Waals surface area contributed by atoms with Crippen LogP contribution in [-0.2, 0) is 0 Å². The highest BCUT2D eigenvalue weighted by molar-refractivity contribution is 14.1. The lowest BCUT2D eigenvalue weighted by atomic mass is 10.3. The number of hydrogen-bond donors (Lipinski definition) is 1. The average molecular weight is 321 g/mol. The van der Waals surface area contributed by atoms with E-state index in [-0.39, 0.29) is 9.26 Å². The van der Waals surface area contributed by atoms with Gasteiger partial charge in [-0.15, -0.1) is 13.2 Å². The summed E-state index contributed by atoms with van der Waals surface area (Å²) in [5.74, 6) is -1.53. The zero-order valence-corrected chi connectivity index (χ0v) is 8.69. The molecule has 0 radical (unpaired) electrons. The van der Waals surface area contributed by atoms with Crippen LogP contribution in [0.4, 0.5) is 23.2 Å². The zero-order valence-electron chi connectivity index (χ0n) is 6.53. The van der Waals surface area contributed by atoms with Gasteiger partial charge in [-0.2, -0.15) is 0 Å². The predicted molar refractivity (Wildman–Crippen MR) is 50.2 cm³/mol. The Kier molecular flexibility index (Phi) is 3.07. The monoisotopic (exact) mass is 321 g/mol. The maximum atomic E-state index is 12.8. The molecule has 2 nitrogen and oxygen atoms in total. The molecule has 0 aliphatic carbocycles. The molecule has 0 aromatic heterocycles. The van der Waals surface area contributed by atoms with Crippen molar-refractivity contribution >= 4 is 28.3 Å². The van der Waals surface area contributed by atoms with Crippen molar-refractivity contribution in [2.45, 2.75) is 6.36 Å². The Morgan fingerprint density at radius 3 is 2.36 bits per heavy atom. The van der Waals surface area contributed by atoms with E-state index < -0.39 is 17.9 Å². The molecule has 1 rings (SSSR count). The Bertz CT molecular complexity index is 352. The maximum absolute atomic E-state index is 12.8. The summed E-state index contributed by atoms with van der Waals surface area (Å²) < 4.78 is 51.7. The van der Waals surface area contributed by atoms with Crippen LogP contribution < -0.4 is 10.5 Å². The Balaban J connectivity index is 3.04. The van der Waals surface area contributed by atoms with Gasteiger partial charge in [0, 0.05) is 6.07 Å². The highest BCUT2D eigenvalue weighted by Crippen LogP contribution is 2.30.